The van der Waals surface area contributed by atoms with E-state index in [0.717, 1.165) is 27.2 Å². The highest BCUT2D eigenvalue weighted by Crippen LogP contribution is 2.40. The number of pyridine rings is 1. The van der Waals surface area contributed by atoms with Crippen LogP contribution < -0.4 is 0 Å². The van der Waals surface area contributed by atoms with Gasteiger partial charge in [0.2, 0.25) is 0 Å². The third kappa shape index (κ3) is 2.94. The summed E-state index contributed by atoms with van der Waals surface area (Å²) in [6, 6.07) is 2.29. The lowest BCUT2D eigenvalue weighted by molar-refractivity contribution is -0.133. The molecule has 2 aromatic rings. The predicted molar refractivity (Wildman–Crippen MR) is 85.6 cm³/mol. The van der Waals surface area contributed by atoms with Gasteiger partial charge in [0.15, 0.2) is 10.8 Å². The van der Waals surface area contributed by atoms with Crippen molar-refractivity contribution < 1.29 is 9.90 Å². The number of carbonyl (C=O) groups is 1. The summed E-state index contributed by atoms with van der Waals surface area (Å²) in [5, 5.41) is 9.68. The van der Waals surface area contributed by atoms with Gasteiger partial charge in [-0.25, -0.2) is 9.97 Å². The zero-order chi connectivity index (χ0) is 15.0. The Labute approximate surface area is 135 Å². The number of hydrogen-bond acceptors (Lipinski definition) is 4. The Kier molecular flexibility index (Phi) is 4.21. The number of carboxylic acid groups (broad SMARTS) is 1. The first-order valence-corrected chi connectivity index (χ1v) is 8.72. The fourth-order valence-electron chi connectivity index (χ4n) is 2.97. The Morgan fingerprint density at radius 3 is 3.05 bits per heavy atom. The van der Waals surface area contributed by atoms with Crippen molar-refractivity contribution in [2.24, 2.45) is 5.92 Å². The van der Waals surface area contributed by atoms with E-state index in [1.54, 1.807) is 6.20 Å². The molecular weight excluding hydrogens is 354 g/mol. The zero-order valence-corrected chi connectivity index (χ0v) is 14.0. The molecule has 0 saturated heterocycles. The van der Waals surface area contributed by atoms with Gasteiger partial charge in [0.05, 0.1) is 5.75 Å². The monoisotopic (exact) mass is 369 g/mol. The summed E-state index contributed by atoms with van der Waals surface area (Å²) >= 11 is 4.68. The highest BCUT2D eigenvalue weighted by Gasteiger charge is 2.29. The van der Waals surface area contributed by atoms with Crippen LogP contribution in [0.2, 0.25) is 0 Å². The lowest BCUT2D eigenvalue weighted by Crippen LogP contribution is -2.14. The molecule has 1 N–H and O–H groups in total. The first-order chi connectivity index (χ1) is 10.1. The molecule has 0 bridgehead atoms. The normalized spacial score (nSPS) is 22.0. The number of aromatic nitrogens is 3. The number of nitrogens with zero attached hydrogens (tertiary/aromatic N) is 3. The fourth-order valence-corrected chi connectivity index (χ4v) is 4.07. The van der Waals surface area contributed by atoms with E-state index >= 15 is 0 Å². The maximum Gasteiger partial charge on any atom is 0.313 e. The van der Waals surface area contributed by atoms with Crippen LogP contribution in [0.25, 0.3) is 11.2 Å². The largest absolute Gasteiger partial charge is 0.481 e. The van der Waals surface area contributed by atoms with E-state index in [2.05, 4.69) is 37.4 Å². The van der Waals surface area contributed by atoms with Gasteiger partial charge in [-0.2, -0.15) is 0 Å². The Morgan fingerprint density at radius 1 is 1.57 bits per heavy atom. The van der Waals surface area contributed by atoms with Crippen LogP contribution in [0, 0.1) is 5.92 Å². The Bertz CT molecular complexity index is 688. The van der Waals surface area contributed by atoms with Crippen LogP contribution in [0.5, 0.6) is 0 Å². The minimum atomic E-state index is -0.827. The van der Waals surface area contributed by atoms with Crippen molar-refractivity contribution in [2.45, 2.75) is 37.4 Å². The third-order valence-corrected chi connectivity index (χ3v) is 5.31. The van der Waals surface area contributed by atoms with Gasteiger partial charge in [-0.15, -0.1) is 0 Å². The smallest absolute Gasteiger partial charge is 0.313 e. The quantitative estimate of drug-likeness (QED) is 0.831. The van der Waals surface area contributed by atoms with E-state index < -0.39 is 5.97 Å². The van der Waals surface area contributed by atoms with Crippen molar-refractivity contribution in [1.82, 2.24) is 14.5 Å². The van der Waals surface area contributed by atoms with Crippen molar-refractivity contribution >= 4 is 44.8 Å². The molecule has 3 rings (SSSR count). The average molecular weight is 370 g/mol. The molecular formula is C14H16BrN3O2S. The van der Waals surface area contributed by atoms with Crippen LogP contribution in [0.1, 0.15) is 32.2 Å². The summed E-state index contributed by atoms with van der Waals surface area (Å²) in [7, 11) is 0. The molecule has 112 valence electrons. The molecule has 7 heteroatoms. The third-order valence-electron chi connectivity index (χ3n) is 3.94. The van der Waals surface area contributed by atoms with Crippen molar-refractivity contribution in [3.63, 3.8) is 0 Å². The number of carboxylic acids is 1. The second-order valence-corrected chi connectivity index (χ2v) is 7.28. The molecule has 1 fully saturated rings. The van der Waals surface area contributed by atoms with Gasteiger partial charge in [-0.05, 0) is 40.8 Å². The molecule has 2 atom stereocenters. The first kappa shape index (κ1) is 14.8. The maximum atomic E-state index is 10.9. The first-order valence-electron chi connectivity index (χ1n) is 6.94. The summed E-state index contributed by atoms with van der Waals surface area (Å²) in [6.45, 7) is 2.24. The van der Waals surface area contributed by atoms with Gasteiger partial charge < -0.3 is 9.67 Å². The molecule has 0 spiro atoms. The van der Waals surface area contributed by atoms with Crippen LogP contribution >= 0.6 is 27.7 Å². The van der Waals surface area contributed by atoms with Gasteiger partial charge in [0.1, 0.15) is 5.52 Å². The molecule has 2 unspecified atom stereocenters. The fraction of sp³-hybridized carbons (Fsp3) is 0.500. The number of thioether (sulfide) groups is 1. The van der Waals surface area contributed by atoms with Crippen LogP contribution in [-0.2, 0) is 4.79 Å². The van der Waals surface area contributed by atoms with Crippen molar-refractivity contribution in [2.75, 3.05) is 5.75 Å². The average Bonchev–Trinajstić information content (AvgIpc) is 2.98. The highest BCUT2D eigenvalue weighted by atomic mass is 79.9. The summed E-state index contributed by atoms with van der Waals surface area (Å²) < 4.78 is 3.03. The summed E-state index contributed by atoms with van der Waals surface area (Å²) in [5.41, 5.74) is 1.67. The molecule has 0 aliphatic heterocycles. The standard InChI is InChI=1S/C14H16BrN3O2S/c1-8-3-2-4-11(8)18-13-10(5-9(15)6-16-13)17-14(18)21-7-12(19)20/h5-6,8,11H,2-4,7H2,1H3,(H,19,20). The zero-order valence-electron chi connectivity index (χ0n) is 11.6. The number of rotatable bonds is 4. The van der Waals surface area contributed by atoms with Crippen molar-refractivity contribution in [3.8, 4) is 0 Å². The van der Waals surface area contributed by atoms with E-state index in [4.69, 9.17) is 5.11 Å². The predicted octanol–water partition coefficient (Wildman–Crippen LogP) is 3.73. The minimum absolute atomic E-state index is 0.0194. The van der Waals surface area contributed by atoms with E-state index in [1.807, 2.05) is 6.07 Å². The molecule has 0 amide bonds. The van der Waals surface area contributed by atoms with Crippen molar-refractivity contribution in [1.29, 1.82) is 0 Å². The van der Waals surface area contributed by atoms with Crippen LogP contribution in [0.3, 0.4) is 0 Å². The van der Waals surface area contributed by atoms with Gasteiger partial charge >= 0.3 is 5.97 Å². The van der Waals surface area contributed by atoms with E-state index in [1.165, 1.54) is 24.6 Å². The molecule has 0 radical (unpaired) electrons. The SMILES string of the molecule is CC1CCCC1n1c(SCC(=O)O)nc2cc(Br)cnc21. The molecule has 1 aliphatic carbocycles. The van der Waals surface area contributed by atoms with E-state index in [0.29, 0.717) is 12.0 Å². The van der Waals surface area contributed by atoms with Gasteiger partial charge in [0, 0.05) is 16.7 Å². The Hall–Kier alpha value is -1.08. The number of halogens is 1. The molecule has 1 saturated carbocycles. The minimum Gasteiger partial charge on any atom is -0.481 e. The second-order valence-electron chi connectivity index (χ2n) is 5.42. The highest BCUT2D eigenvalue weighted by molar-refractivity contribution is 9.10. The number of imidazole rings is 1. The Balaban J connectivity index is 2.08. The van der Waals surface area contributed by atoms with Crippen LogP contribution in [-0.4, -0.2) is 31.4 Å². The van der Waals surface area contributed by atoms with Gasteiger partial charge in [0.25, 0.3) is 0 Å². The summed E-state index contributed by atoms with van der Waals surface area (Å²) in [4.78, 5) is 20.0. The lowest BCUT2D eigenvalue weighted by Gasteiger charge is -2.19. The lowest BCUT2D eigenvalue weighted by atomic mass is 10.1. The molecule has 0 aromatic carbocycles. The molecule has 2 aromatic heterocycles. The number of aliphatic carboxylic acids is 1. The number of fused-ring (bicyclic) bond motifs is 1. The second kappa shape index (κ2) is 5.96. The molecule has 5 nitrogen and oxygen atoms in total. The summed E-state index contributed by atoms with van der Waals surface area (Å²) in [6.07, 6.45) is 5.27. The van der Waals surface area contributed by atoms with Gasteiger partial charge in [-0.3, -0.25) is 4.79 Å². The Morgan fingerprint density at radius 2 is 2.38 bits per heavy atom. The van der Waals surface area contributed by atoms with E-state index in [9.17, 15) is 4.79 Å². The topological polar surface area (TPSA) is 68.0 Å². The van der Waals surface area contributed by atoms with E-state index in [-0.39, 0.29) is 5.75 Å². The summed E-state index contributed by atoms with van der Waals surface area (Å²) in [5.74, 6) is -0.241. The van der Waals surface area contributed by atoms with Gasteiger partial charge in [-0.1, -0.05) is 25.1 Å². The molecule has 1 aliphatic rings. The van der Waals surface area contributed by atoms with Crippen LogP contribution in [0.15, 0.2) is 21.9 Å². The van der Waals surface area contributed by atoms with Crippen molar-refractivity contribution in [3.05, 3.63) is 16.7 Å². The number of hydrogen-bond donors (Lipinski definition) is 1. The molecule has 2 heterocycles. The molecule has 21 heavy (non-hydrogen) atoms. The van der Waals surface area contributed by atoms with Crippen LogP contribution in [0.4, 0.5) is 0 Å². The maximum absolute atomic E-state index is 10.9.